The second kappa shape index (κ2) is 5.21. The van der Waals surface area contributed by atoms with Gasteiger partial charge in [0.15, 0.2) is 0 Å². The molecule has 0 saturated carbocycles. The minimum absolute atomic E-state index is 0.164. The normalized spacial score (nSPS) is 10.6. The van der Waals surface area contributed by atoms with Gasteiger partial charge < -0.3 is 10.4 Å². The van der Waals surface area contributed by atoms with Crippen LogP contribution < -0.4 is 10.8 Å². The Labute approximate surface area is 107 Å². The summed E-state index contributed by atoms with van der Waals surface area (Å²) in [6, 6.07) is 5.12. The summed E-state index contributed by atoms with van der Waals surface area (Å²) in [5, 5.41) is 20.8. The molecule has 2 aromatic heterocycles. The smallest absolute Gasteiger partial charge is 0.262 e. The zero-order chi connectivity index (χ0) is 13.1. The molecule has 0 aliphatic rings. The maximum Gasteiger partial charge on any atom is 0.262 e. The van der Waals surface area contributed by atoms with Crippen molar-refractivity contribution in [2.45, 2.75) is 6.61 Å². The van der Waals surface area contributed by atoms with Gasteiger partial charge in [-0.1, -0.05) is 17.7 Å². The largest absolute Gasteiger partial charge is 0.390 e. The highest BCUT2D eigenvalue weighted by Crippen LogP contribution is 2.23. The van der Waals surface area contributed by atoms with E-state index < -0.39 is 5.91 Å². The third-order valence-electron chi connectivity index (χ3n) is 2.36. The van der Waals surface area contributed by atoms with Gasteiger partial charge in [-0.05, 0) is 12.1 Å². The van der Waals surface area contributed by atoms with Crippen LogP contribution in [0.25, 0.3) is 5.65 Å². The van der Waals surface area contributed by atoms with Crippen molar-refractivity contribution < 1.29 is 15.1 Å². The molecule has 0 atom stereocenters. The van der Waals surface area contributed by atoms with Crippen LogP contribution >= 0.6 is 11.6 Å². The topological polar surface area (TPSA) is 98.9 Å². The van der Waals surface area contributed by atoms with Gasteiger partial charge in [0.25, 0.3) is 5.91 Å². The molecule has 0 fully saturated rings. The van der Waals surface area contributed by atoms with Crippen molar-refractivity contribution in [1.82, 2.24) is 14.9 Å². The molecule has 0 saturated heterocycles. The summed E-state index contributed by atoms with van der Waals surface area (Å²) in [5.74, 6) is -0.192. The molecule has 18 heavy (non-hydrogen) atoms. The number of carbonyl (C=O) groups excluding carboxylic acids is 1. The number of imidazole rings is 1. The lowest BCUT2D eigenvalue weighted by atomic mass is 10.4. The van der Waals surface area contributed by atoms with Crippen molar-refractivity contribution in [1.29, 1.82) is 0 Å². The molecule has 0 aliphatic heterocycles. The number of pyridine rings is 1. The van der Waals surface area contributed by atoms with Crippen molar-refractivity contribution in [2.75, 3.05) is 11.9 Å². The Hall–Kier alpha value is -1.83. The molecule has 0 radical (unpaired) electrons. The number of anilines is 1. The number of carbonyl (C=O) groups is 1. The van der Waals surface area contributed by atoms with E-state index in [0.717, 1.165) is 0 Å². The van der Waals surface area contributed by atoms with Gasteiger partial charge in [0.1, 0.15) is 22.3 Å². The van der Waals surface area contributed by atoms with Gasteiger partial charge in [-0.15, -0.1) is 0 Å². The van der Waals surface area contributed by atoms with E-state index in [-0.39, 0.29) is 13.2 Å². The summed E-state index contributed by atoms with van der Waals surface area (Å²) < 4.78 is 1.57. The summed E-state index contributed by atoms with van der Waals surface area (Å²) in [5.41, 5.74) is 2.42. The fourth-order valence-corrected chi connectivity index (χ4v) is 1.84. The number of hydrogen-bond acceptors (Lipinski definition) is 5. The van der Waals surface area contributed by atoms with Gasteiger partial charge in [0.05, 0.1) is 13.2 Å². The molecule has 7 nitrogen and oxygen atoms in total. The van der Waals surface area contributed by atoms with Gasteiger partial charge >= 0.3 is 0 Å². The van der Waals surface area contributed by atoms with Crippen molar-refractivity contribution in [3.63, 3.8) is 0 Å². The number of fused-ring (bicyclic) bond motifs is 1. The van der Waals surface area contributed by atoms with E-state index in [1.807, 2.05) is 0 Å². The second-order valence-corrected chi connectivity index (χ2v) is 3.88. The highest BCUT2D eigenvalue weighted by atomic mass is 35.5. The van der Waals surface area contributed by atoms with Crippen LogP contribution in [0.4, 0.5) is 5.82 Å². The average Bonchev–Trinajstić information content (AvgIpc) is 2.75. The molecule has 0 aromatic carbocycles. The molecule has 2 aromatic rings. The first-order valence-electron chi connectivity index (χ1n) is 5.11. The SMILES string of the molecule is O=C(CNc1c(CO)nc2cccc(Cl)n12)NO. The first-order chi connectivity index (χ1) is 8.67. The fraction of sp³-hybridized carbons (Fsp3) is 0.200. The van der Waals surface area contributed by atoms with Crippen LogP contribution in [0.3, 0.4) is 0 Å². The Morgan fingerprint density at radius 1 is 1.50 bits per heavy atom. The van der Waals surface area contributed by atoms with Crippen LogP contribution in [0.15, 0.2) is 18.2 Å². The number of nitrogens with zero attached hydrogens (tertiary/aromatic N) is 2. The molecule has 0 spiro atoms. The first kappa shape index (κ1) is 12.6. The third-order valence-corrected chi connectivity index (χ3v) is 2.65. The molecule has 0 unspecified atom stereocenters. The molecular formula is C10H11ClN4O3. The van der Waals surface area contributed by atoms with E-state index in [1.54, 1.807) is 22.6 Å². The number of nitrogens with one attached hydrogen (secondary N) is 2. The van der Waals surface area contributed by atoms with E-state index in [9.17, 15) is 9.90 Å². The molecular weight excluding hydrogens is 260 g/mol. The molecule has 2 heterocycles. The minimum Gasteiger partial charge on any atom is -0.390 e. The van der Waals surface area contributed by atoms with E-state index in [4.69, 9.17) is 16.8 Å². The van der Waals surface area contributed by atoms with Gasteiger partial charge in [0, 0.05) is 0 Å². The summed E-state index contributed by atoms with van der Waals surface area (Å²) in [6.45, 7) is -0.455. The lowest BCUT2D eigenvalue weighted by Crippen LogP contribution is -2.27. The number of halogens is 1. The molecule has 2 rings (SSSR count). The quantitative estimate of drug-likeness (QED) is 0.366. The number of aliphatic hydroxyl groups is 1. The first-order valence-corrected chi connectivity index (χ1v) is 5.48. The Morgan fingerprint density at radius 3 is 2.94 bits per heavy atom. The number of rotatable bonds is 4. The fourth-order valence-electron chi connectivity index (χ4n) is 1.60. The van der Waals surface area contributed by atoms with Gasteiger partial charge in [-0.25, -0.2) is 10.5 Å². The third kappa shape index (κ3) is 2.23. The van der Waals surface area contributed by atoms with Crippen molar-refractivity contribution in [3.05, 3.63) is 29.0 Å². The highest BCUT2D eigenvalue weighted by Gasteiger charge is 2.14. The molecule has 8 heteroatoms. The number of hydroxylamine groups is 1. The Kier molecular flexibility index (Phi) is 3.66. The van der Waals surface area contributed by atoms with Gasteiger partial charge in [-0.2, -0.15) is 0 Å². The Morgan fingerprint density at radius 2 is 2.28 bits per heavy atom. The van der Waals surface area contributed by atoms with E-state index in [0.29, 0.717) is 22.3 Å². The zero-order valence-electron chi connectivity index (χ0n) is 9.22. The number of hydrogen-bond donors (Lipinski definition) is 4. The summed E-state index contributed by atoms with van der Waals surface area (Å²) in [4.78, 5) is 15.1. The second-order valence-electron chi connectivity index (χ2n) is 3.50. The summed E-state index contributed by atoms with van der Waals surface area (Å²) in [7, 11) is 0. The molecule has 0 bridgehead atoms. The molecule has 96 valence electrons. The average molecular weight is 271 g/mol. The Bertz CT molecular complexity index is 584. The summed E-state index contributed by atoms with van der Waals surface area (Å²) in [6.07, 6.45) is 0. The van der Waals surface area contributed by atoms with E-state index in [2.05, 4.69) is 10.3 Å². The van der Waals surface area contributed by atoms with Crippen LogP contribution in [-0.2, 0) is 11.4 Å². The van der Waals surface area contributed by atoms with E-state index >= 15 is 0 Å². The van der Waals surface area contributed by atoms with Crippen molar-refractivity contribution in [3.8, 4) is 0 Å². The van der Waals surface area contributed by atoms with Crippen LogP contribution in [0, 0.1) is 0 Å². The lowest BCUT2D eigenvalue weighted by Gasteiger charge is -2.07. The van der Waals surface area contributed by atoms with Gasteiger partial charge in [0.2, 0.25) is 0 Å². The molecule has 4 N–H and O–H groups in total. The molecule has 0 aliphatic carbocycles. The zero-order valence-corrected chi connectivity index (χ0v) is 9.98. The van der Waals surface area contributed by atoms with Crippen LogP contribution in [-0.4, -0.2) is 32.2 Å². The maximum absolute atomic E-state index is 11.0. The maximum atomic E-state index is 11.0. The standard InChI is InChI=1S/C10H11ClN4O3/c11-7-2-1-3-8-13-6(5-16)10(15(7)8)12-4-9(17)14-18/h1-3,12,16,18H,4-5H2,(H,14,17). The van der Waals surface area contributed by atoms with Crippen LogP contribution in [0.5, 0.6) is 0 Å². The highest BCUT2D eigenvalue weighted by molar-refractivity contribution is 6.30. The van der Waals surface area contributed by atoms with Crippen LogP contribution in [0.1, 0.15) is 5.69 Å². The number of amides is 1. The predicted octanol–water partition coefficient (Wildman–Crippen LogP) is 0.397. The van der Waals surface area contributed by atoms with Gasteiger partial charge in [-0.3, -0.25) is 14.4 Å². The molecule has 1 amide bonds. The van der Waals surface area contributed by atoms with Crippen LogP contribution in [0.2, 0.25) is 5.15 Å². The Balaban J connectivity index is 2.43. The number of aromatic nitrogens is 2. The monoisotopic (exact) mass is 270 g/mol. The lowest BCUT2D eigenvalue weighted by molar-refractivity contribution is -0.127. The predicted molar refractivity (Wildman–Crippen MR) is 64.5 cm³/mol. The van der Waals surface area contributed by atoms with Crippen molar-refractivity contribution in [2.24, 2.45) is 0 Å². The van der Waals surface area contributed by atoms with Crippen molar-refractivity contribution >= 4 is 29.0 Å². The van der Waals surface area contributed by atoms with E-state index in [1.165, 1.54) is 5.48 Å². The number of aliphatic hydroxyl groups excluding tert-OH is 1. The summed E-state index contributed by atoms with van der Waals surface area (Å²) >= 11 is 6.03. The minimum atomic E-state index is -0.610.